The minimum absolute atomic E-state index is 0.195. The third kappa shape index (κ3) is 2.59. The van der Waals surface area contributed by atoms with Gasteiger partial charge < -0.3 is 10.1 Å². The average molecular weight is 259 g/mol. The first kappa shape index (κ1) is 12.1. The molecule has 5 nitrogen and oxygen atoms in total. The number of carboxylic acid groups (broad SMARTS) is 1. The Bertz CT molecular complexity index is 600. The van der Waals surface area contributed by atoms with Crippen LogP contribution in [0.15, 0.2) is 12.3 Å². The van der Waals surface area contributed by atoms with Crippen LogP contribution in [-0.4, -0.2) is 26.0 Å². The number of imidazole rings is 1. The van der Waals surface area contributed by atoms with E-state index in [0.717, 1.165) is 12.2 Å². The number of aromatic amines is 1. The third-order valence-corrected chi connectivity index (χ3v) is 3.84. The fraction of sp³-hybridized carbons (Fsp3) is 0.500. The molecule has 3 rings (SSSR count). The lowest BCUT2D eigenvalue weighted by atomic mass is 9.87. The molecule has 0 aromatic carbocycles. The quantitative estimate of drug-likeness (QED) is 0.888. The molecule has 2 N–H and O–H groups in total. The van der Waals surface area contributed by atoms with Gasteiger partial charge in [-0.3, -0.25) is 0 Å². The first-order valence-corrected chi connectivity index (χ1v) is 6.80. The summed E-state index contributed by atoms with van der Waals surface area (Å²) in [5.74, 6) is 0.669. The minimum Gasteiger partial charge on any atom is -0.478 e. The first-order chi connectivity index (χ1) is 9.22. The summed E-state index contributed by atoms with van der Waals surface area (Å²) in [6.45, 7) is 0. The molecule has 0 amide bonds. The van der Waals surface area contributed by atoms with Crippen LogP contribution < -0.4 is 0 Å². The van der Waals surface area contributed by atoms with E-state index in [0.29, 0.717) is 17.1 Å². The first-order valence-electron chi connectivity index (χ1n) is 6.80. The number of aromatic carboxylic acids is 1. The summed E-state index contributed by atoms with van der Waals surface area (Å²) in [4.78, 5) is 22.6. The molecule has 0 unspecified atom stereocenters. The highest BCUT2D eigenvalue weighted by Gasteiger charge is 2.16. The molecule has 5 heteroatoms. The molecule has 1 saturated carbocycles. The lowest BCUT2D eigenvalue weighted by molar-refractivity contribution is 0.0696. The third-order valence-electron chi connectivity index (χ3n) is 3.84. The predicted molar refractivity (Wildman–Crippen MR) is 71.1 cm³/mol. The molecule has 0 spiro atoms. The minimum atomic E-state index is -0.960. The van der Waals surface area contributed by atoms with Crippen LogP contribution in [0.5, 0.6) is 0 Å². The van der Waals surface area contributed by atoms with Crippen molar-refractivity contribution in [1.82, 2.24) is 15.0 Å². The zero-order valence-corrected chi connectivity index (χ0v) is 10.7. The van der Waals surface area contributed by atoms with Crippen molar-refractivity contribution in [3.8, 4) is 0 Å². The normalized spacial score (nSPS) is 16.8. The van der Waals surface area contributed by atoms with Crippen LogP contribution >= 0.6 is 0 Å². The monoisotopic (exact) mass is 259 g/mol. The summed E-state index contributed by atoms with van der Waals surface area (Å²) in [5, 5.41) is 8.94. The largest absolute Gasteiger partial charge is 0.478 e. The Morgan fingerprint density at radius 2 is 2.16 bits per heavy atom. The smallest absolute Gasteiger partial charge is 0.337 e. The second-order valence-corrected chi connectivity index (χ2v) is 5.29. The zero-order valence-electron chi connectivity index (χ0n) is 10.7. The molecule has 2 heterocycles. The SMILES string of the molecule is O=C(O)c1cnc2nc(CC3CCCCC3)[nH]c2c1. The lowest BCUT2D eigenvalue weighted by Gasteiger charge is -2.20. The van der Waals surface area contributed by atoms with Gasteiger partial charge in [0.2, 0.25) is 0 Å². The van der Waals surface area contributed by atoms with Gasteiger partial charge >= 0.3 is 5.97 Å². The van der Waals surface area contributed by atoms with Gasteiger partial charge in [-0.25, -0.2) is 14.8 Å². The van der Waals surface area contributed by atoms with Crippen molar-refractivity contribution in [2.24, 2.45) is 5.92 Å². The topological polar surface area (TPSA) is 78.9 Å². The van der Waals surface area contributed by atoms with Gasteiger partial charge in [-0.1, -0.05) is 32.1 Å². The van der Waals surface area contributed by atoms with Gasteiger partial charge in [0.05, 0.1) is 11.1 Å². The number of fused-ring (bicyclic) bond motifs is 1. The fourth-order valence-corrected chi connectivity index (χ4v) is 2.83. The van der Waals surface area contributed by atoms with E-state index >= 15 is 0 Å². The van der Waals surface area contributed by atoms with Crippen molar-refractivity contribution < 1.29 is 9.90 Å². The van der Waals surface area contributed by atoms with Gasteiger partial charge in [0, 0.05) is 12.6 Å². The number of nitrogens with one attached hydrogen (secondary N) is 1. The van der Waals surface area contributed by atoms with Crippen molar-refractivity contribution in [3.63, 3.8) is 0 Å². The summed E-state index contributed by atoms with van der Waals surface area (Å²) in [6.07, 6.45) is 8.81. The van der Waals surface area contributed by atoms with E-state index in [2.05, 4.69) is 15.0 Å². The summed E-state index contributed by atoms with van der Waals surface area (Å²) >= 11 is 0. The number of carbonyl (C=O) groups is 1. The molecular formula is C14H17N3O2. The van der Waals surface area contributed by atoms with Crippen LogP contribution in [0.4, 0.5) is 0 Å². The number of hydrogen-bond acceptors (Lipinski definition) is 3. The van der Waals surface area contributed by atoms with Crippen LogP contribution in [0, 0.1) is 5.92 Å². The lowest BCUT2D eigenvalue weighted by Crippen LogP contribution is -2.10. The van der Waals surface area contributed by atoms with Crippen LogP contribution in [-0.2, 0) is 6.42 Å². The Morgan fingerprint density at radius 1 is 1.37 bits per heavy atom. The van der Waals surface area contributed by atoms with Gasteiger partial charge in [0.15, 0.2) is 5.65 Å². The molecule has 19 heavy (non-hydrogen) atoms. The summed E-state index contributed by atoms with van der Waals surface area (Å²) in [6, 6.07) is 1.60. The molecule has 2 aromatic heterocycles. The van der Waals surface area contributed by atoms with E-state index in [1.54, 1.807) is 6.07 Å². The number of carboxylic acids is 1. The summed E-state index contributed by atoms with van der Waals surface area (Å²) < 4.78 is 0. The highest BCUT2D eigenvalue weighted by Crippen LogP contribution is 2.26. The molecule has 1 aliphatic carbocycles. The molecule has 0 saturated heterocycles. The van der Waals surface area contributed by atoms with E-state index in [4.69, 9.17) is 5.11 Å². The van der Waals surface area contributed by atoms with Crippen molar-refractivity contribution >= 4 is 17.1 Å². The highest BCUT2D eigenvalue weighted by atomic mass is 16.4. The Balaban J connectivity index is 1.82. The van der Waals surface area contributed by atoms with Crippen molar-refractivity contribution in [1.29, 1.82) is 0 Å². The Morgan fingerprint density at radius 3 is 2.89 bits per heavy atom. The highest BCUT2D eigenvalue weighted by molar-refractivity contribution is 5.90. The van der Waals surface area contributed by atoms with E-state index in [-0.39, 0.29) is 5.56 Å². The zero-order chi connectivity index (χ0) is 13.2. The number of pyridine rings is 1. The molecule has 1 aliphatic rings. The second kappa shape index (κ2) is 4.99. The van der Waals surface area contributed by atoms with Gasteiger partial charge in [-0.2, -0.15) is 0 Å². The molecule has 0 atom stereocenters. The van der Waals surface area contributed by atoms with E-state index in [9.17, 15) is 4.79 Å². The molecular weight excluding hydrogens is 242 g/mol. The molecule has 1 fully saturated rings. The summed E-state index contributed by atoms with van der Waals surface area (Å²) in [5.41, 5.74) is 1.52. The summed E-state index contributed by atoms with van der Waals surface area (Å²) in [7, 11) is 0. The standard InChI is InChI=1S/C14H17N3O2/c18-14(19)10-7-11-13(15-8-10)17-12(16-11)6-9-4-2-1-3-5-9/h7-9H,1-6H2,(H,18,19)(H,15,16,17). The molecule has 0 bridgehead atoms. The van der Waals surface area contributed by atoms with Gasteiger partial charge in [0.1, 0.15) is 5.82 Å². The Kier molecular flexibility index (Phi) is 3.19. The number of nitrogens with zero attached hydrogens (tertiary/aromatic N) is 2. The average Bonchev–Trinajstić information content (AvgIpc) is 2.80. The van der Waals surface area contributed by atoms with Gasteiger partial charge in [-0.15, -0.1) is 0 Å². The van der Waals surface area contributed by atoms with Crippen LogP contribution in [0.25, 0.3) is 11.2 Å². The maximum absolute atomic E-state index is 10.9. The van der Waals surface area contributed by atoms with Crippen LogP contribution in [0.1, 0.15) is 48.3 Å². The molecule has 2 aromatic rings. The number of rotatable bonds is 3. The maximum Gasteiger partial charge on any atom is 0.337 e. The van der Waals surface area contributed by atoms with Crippen molar-refractivity contribution in [2.45, 2.75) is 38.5 Å². The van der Waals surface area contributed by atoms with Crippen LogP contribution in [0.3, 0.4) is 0 Å². The molecule has 100 valence electrons. The van der Waals surface area contributed by atoms with E-state index in [1.807, 2.05) is 0 Å². The number of aromatic nitrogens is 3. The number of H-pyrrole nitrogens is 1. The van der Waals surface area contributed by atoms with E-state index < -0.39 is 5.97 Å². The fourth-order valence-electron chi connectivity index (χ4n) is 2.83. The molecule has 0 aliphatic heterocycles. The Labute approximate surface area is 111 Å². The van der Waals surface area contributed by atoms with Crippen LogP contribution in [0.2, 0.25) is 0 Å². The van der Waals surface area contributed by atoms with Crippen molar-refractivity contribution in [2.75, 3.05) is 0 Å². The second-order valence-electron chi connectivity index (χ2n) is 5.29. The maximum atomic E-state index is 10.9. The predicted octanol–water partition coefficient (Wildman–Crippen LogP) is 2.78. The van der Waals surface area contributed by atoms with Crippen molar-refractivity contribution in [3.05, 3.63) is 23.7 Å². The van der Waals surface area contributed by atoms with E-state index in [1.165, 1.54) is 38.3 Å². The van der Waals surface area contributed by atoms with Gasteiger partial charge in [0.25, 0.3) is 0 Å². The number of hydrogen-bond donors (Lipinski definition) is 2. The van der Waals surface area contributed by atoms with Gasteiger partial charge in [-0.05, 0) is 12.0 Å². The Hall–Kier alpha value is -1.91. The molecule has 0 radical (unpaired) electrons.